The highest BCUT2D eigenvalue weighted by Gasteiger charge is 2.21. The summed E-state index contributed by atoms with van der Waals surface area (Å²) in [6.07, 6.45) is 3.31. The molecule has 1 aliphatic heterocycles. The molecule has 0 amide bonds. The van der Waals surface area contributed by atoms with Gasteiger partial charge in [0.1, 0.15) is 6.29 Å². The minimum Gasteiger partial charge on any atom is -0.748 e. The van der Waals surface area contributed by atoms with Gasteiger partial charge in [0.05, 0.1) is 35.7 Å². The quantitative estimate of drug-likeness (QED) is 0.460. The lowest BCUT2D eigenvalue weighted by Gasteiger charge is -2.27. The molecule has 0 saturated carbocycles. The number of carbonyl (C=O) groups excluding carboxylic acids is 1. The van der Waals surface area contributed by atoms with Gasteiger partial charge in [-0.2, -0.15) is 0 Å². The third kappa shape index (κ3) is 5.25. The summed E-state index contributed by atoms with van der Waals surface area (Å²) >= 11 is 0. The second kappa shape index (κ2) is 5.58. The molecule has 0 bridgehead atoms. The standard InChI is InChI=1S/C9H17NO4S/c11-8-9-3-1-4-10(7-9)5-2-6-15(12,13)14/h8-9H,1-7H2,(H,12,13,14). The molecule has 5 nitrogen and oxygen atoms in total. The third-order valence-electron chi connectivity index (χ3n) is 2.77. The van der Waals surface area contributed by atoms with Crippen LogP contribution < -0.4 is 4.90 Å². The molecular weight excluding hydrogens is 218 g/mol. The number of likely N-dealkylation sites (tertiary alicyclic amines) is 1. The fourth-order valence-electron chi connectivity index (χ4n) is 2.03. The molecule has 0 aromatic carbocycles. The van der Waals surface area contributed by atoms with Crippen molar-refractivity contribution < 1.29 is 22.7 Å². The summed E-state index contributed by atoms with van der Waals surface area (Å²) < 4.78 is 31.1. The molecular formula is C9H17NO4S. The molecule has 2 unspecified atom stereocenters. The van der Waals surface area contributed by atoms with E-state index in [2.05, 4.69) is 0 Å². The van der Waals surface area contributed by atoms with E-state index >= 15 is 0 Å². The molecule has 1 saturated heterocycles. The fourth-order valence-corrected chi connectivity index (χ4v) is 2.53. The predicted octanol–water partition coefficient (Wildman–Crippen LogP) is -1.58. The Hall–Kier alpha value is -0.460. The first-order chi connectivity index (χ1) is 7.01. The summed E-state index contributed by atoms with van der Waals surface area (Å²) in [5.41, 5.74) is 0. The number of quaternary nitrogens is 1. The largest absolute Gasteiger partial charge is 0.748 e. The molecule has 1 fully saturated rings. The molecule has 6 heteroatoms. The van der Waals surface area contributed by atoms with Crippen molar-refractivity contribution in [1.29, 1.82) is 0 Å². The third-order valence-corrected chi connectivity index (χ3v) is 3.56. The van der Waals surface area contributed by atoms with E-state index in [1.165, 1.54) is 4.90 Å². The summed E-state index contributed by atoms with van der Waals surface area (Å²) in [5.74, 6) is -0.181. The van der Waals surface area contributed by atoms with Crippen molar-refractivity contribution in [3.63, 3.8) is 0 Å². The number of piperidine rings is 1. The second-order valence-electron chi connectivity index (χ2n) is 4.11. The highest BCUT2D eigenvalue weighted by atomic mass is 32.2. The summed E-state index contributed by atoms with van der Waals surface area (Å²) in [5, 5.41) is 0. The van der Waals surface area contributed by atoms with Gasteiger partial charge in [0.2, 0.25) is 0 Å². The maximum Gasteiger partial charge on any atom is 0.128 e. The predicted molar refractivity (Wildman–Crippen MR) is 53.5 cm³/mol. The maximum atomic E-state index is 10.6. The Kier molecular flexibility index (Phi) is 4.69. The second-order valence-corrected chi connectivity index (χ2v) is 5.63. The molecule has 1 heterocycles. The average molecular weight is 235 g/mol. The number of hydrogen-bond acceptors (Lipinski definition) is 4. The van der Waals surface area contributed by atoms with Crippen LogP contribution in [0.3, 0.4) is 0 Å². The molecule has 0 radical (unpaired) electrons. The lowest BCUT2D eigenvalue weighted by Crippen LogP contribution is -3.13. The first-order valence-corrected chi connectivity index (χ1v) is 6.81. The fraction of sp³-hybridized carbons (Fsp3) is 0.889. The van der Waals surface area contributed by atoms with Gasteiger partial charge in [0.25, 0.3) is 0 Å². The van der Waals surface area contributed by atoms with Crippen LogP contribution in [0.4, 0.5) is 0 Å². The molecule has 1 aliphatic rings. The summed E-state index contributed by atoms with van der Waals surface area (Å²) in [6.45, 7) is 2.43. The van der Waals surface area contributed by atoms with Gasteiger partial charge >= 0.3 is 0 Å². The van der Waals surface area contributed by atoms with E-state index in [0.717, 1.165) is 32.2 Å². The highest BCUT2D eigenvalue weighted by Crippen LogP contribution is 2.03. The van der Waals surface area contributed by atoms with Crippen molar-refractivity contribution in [2.45, 2.75) is 19.3 Å². The number of aldehydes is 1. The molecule has 0 aromatic rings. The van der Waals surface area contributed by atoms with Crippen LogP contribution in [0.2, 0.25) is 0 Å². The van der Waals surface area contributed by atoms with Gasteiger partial charge in [-0.25, -0.2) is 8.42 Å². The molecule has 0 aliphatic carbocycles. The number of hydrogen-bond donors (Lipinski definition) is 1. The zero-order valence-electron chi connectivity index (χ0n) is 8.65. The van der Waals surface area contributed by atoms with Crippen molar-refractivity contribution in [3.05, 3.63) is 0 Å². The van der Waals surface area contributed by atoms with E-state index in [0.29, 0.717) is 13.0 Å². The van der Waals surface area contributed by atoms with E-state index in [4.69, 9.17) is 0 Å². The Balaban J connectivity index is 2.24. The number of nitrogens with one attached hydrogen (secondary N) is 1. The van der Waals surface area contributed by atoms with Gasteiger partial charge < -0.3 is 14.2 Å². The first kappa shape index (κ1) is 12.6. The van der Waals surface area contributed by atoms with Crippen molar-refractivity contribution in [2.75, 3.05) is 25.4 Å². The lowest BCUT2D eigenvalue weighted by molar-refractivity contribution is -0.907. The Morgan fingerprint density at radius 3 is 2.80 bits per heavy atom. The first-order valence-electron chi connectivity index (χ1n) is 5.23. The Morgan fingerprint density at radius 2 is 2.20 bits per heavy atom. The van der Waals surface area contributed by atoms with E-state index in [1.807, 2.05) is 0 Å². The van der Waals surface area contributed by atoms with Crippen LogP contribution in [0.15, 0.2) is 0 Å². The van der Waals surface area contributed by atoms with Crippen molar-refractivity contribution in [2.24, 2.45) is 5.92 Å². The summed E-state index contributed by atoms with van der Waals surface area (Å²) in [7, 11) is -4.08. The minimum absolute atomic E-state index is 0.109. The van der Waals surface area contributed by atoms with Crippen LogP contribution in [-0.2, 0) is 14.9 Å². The van der Waals surface area contributed by atoms with Crippen molar-refractivity contribution in [3.8, 4) is 0 Å². The summed E-state index contributed by atoms with van der Waals surface area (Å²) in [6, 6.07) is 0. The summed E-state index contributed by atoms with van der Waals surface area (Å²) in [4.78, 5) is 11.8. The van der Waals surface area contributed by atoms with Crippen LogP contribution in [-0.4, -0.2) is 44.6 Å². The molecule has 88 valence electrons. The molecule has 0 aromatic heterocycles. The van der Waals surface area contributed by atoms with Crippen molar-refractivity contribution >= 4 is 16.4 Å². The Morgan fingerprint density at radius 1 is 1.47 bits per heavy atom. The monoisotopic (exact) mass is 235 g/mol. The van der Waals surface area contributed by atoms with E-state index in [9.17, 15) is 17.8 Å². The number of carbonyl (C=O) groups is 1. The molecule has 1 N–H and O–H groups in total. The van der Waals surface area contributed by atoms with E-state index < -0.39 is 10.1 Å². The minimum atomic E-state index is -4.08. The van der Waals surface area contributed by atoms with E-state index in [-0.39, 0.29) is 11.7 Å². The van der Waals surface area contributed by atoms with Gasteiger partial charge in [-0.3, -0.25) is 0 Å². The van der Waals surface area contributed by atoms with Gasteiger partial charge in [-0.05, 0) is 12.8 Å². The lowest BCUT2D eigenvalue weighted by atomic mass is 10.00. The van der Waals surface area contributed by atoms with Gasteiger partial charge in [0.15, 0.2) is 0 Å². The average Bonchev–Trinajstić information content (AvgIpc) is 2.16. The van der Waals surface area contributed by atoms with Gasteiger partial charge in [0, 0.05) is 12.2 Å². The molecule has 0 spiro atoms. The van der Waals surface area contributed by atoms with Crippen LogP contribution in [0.25, 0.3) is 0 Å². The molecule has 2 atom stereocenters. The topological polar surface area (TPSA) is 78.7 Å². The normalized spacial score (nSPS) is 27.5. The van der Waals surface area contributed by atoms with E-state index in [1.54, 1.807) is 0 Å². The molecule has 15 heavy (non-hydrogen) atoms. The maximum absolute atomic E-state index is 10.6. The van der Waals surface area contributed by atoms with Crippen LogP contribution in [0, 0.1) is 5.92 Å². The van der Waals surface area contributed by atoms with Crippen LogP contribution >= 0.6 is 0 Å². The zero-order chi connectivity index (χ0) is 11.3. The Bertz CT molecular complexity index is 301. The molecule has 1 rings (SSSR count). The van der Waals surface area contributed by atoms with Crippen LogP contribution in [0.1, 0.15) is 19.3 Å². The SMILES string of the molecule is O=CC1CCC[NH+](CCCS(=O)(=O)[O-])C1. The van der Waals surface area contributed by atoms with Crippen LogP contribution in [0.5, 0.6) is 0 Å². The Labute approximate surface area is 90.2 Å². The van der Waals surface area contributed by atoms with Crippen molar-refractivity contribution in [1.82, 2.24) is 0 Å². The number of rotatable bonds is 5. The van der Waals surface area contributed by atoms with Gasteiger partial charge in [-0.15, -0.1) is 0 Å². The zero-order valence-corrected chi connectivity index (χ0v) is 9.46. The van der Waals surface area contributed by atoms with Gasteiger partial charge in [-0.1, -0.05) is 0 Å². The highest BCUT2D eigenvalue weighted by molar-refractivity contribution is 7.85. The smallest absolute Gasteiger partial charge is 0.128 e.